The SMILES string of the molecule is CNC(=O)c1cccc2c1Cc1ccccc1-2. The molecule has 1 aliphatic carbocycles. The first-order valence-electron chi connectivity index (χ1n) is 5.73. The van der Waals surface area contributed by atoms with Crippen molar-refractivity contribution in [2.24, 2.45) is 0 Å². The lowest BCUT2D eigenvalue weighted by atomic mass is 10.0. The second kappa shape index (κ2) is 3.74. The van der Waals surface area contributed by atoms with Crippen LogP contribution in [0.5, 0.6) is 0 Å². The van der Waals surface area contributed by atoms with Crippen LogP contribution in [0.15, 0.2) is 42.5 Å². The minimum Gasteiger partial charge on any atom is -0.355 e. The van der Waals surface area contributed by atoms with Gasteiger partial charge in [-0.1, -0.05) is 36.4 Å². The van der Waals surface area contributed by atoms with E-state index in [0.29, 0.717) is 0 Å². The van der Waals surface area contributed by atoms with E-state index in [-0.39, 0.29) is 5.91 Å². The van der Waals surface area contributed by atoms with E-state index >= 15 is 0 Å². The molecule has 0 aromatic heterocycles. The van der Waals surface area contributed by atoms with Crippen molar-refractivity contribution < 1.29 is 4.79 Å². The van der Waals surface area contributed by atoms with Gasteiger partial charge < -0.3 is 5.32 Å². The van der Waals surface area contributed by atoms with Gasteiger partial charge in [-0.05, 0) is 34.7 Å². The third-order valence-electron chi connectivity index (χ3n) is 3.32. The molecule has 0 fully saturated rings. The highest BCUT2D eigenvalue weighted by Gasteiger charge is 2.22. The Morgan fingerprint density at radius 1 is 1.06 bits per heavy atom. The molecule has 84 valence electrons. The maximum Gasteiger partial charge on any atom is 0.251 e. The first kappa shape index (κ1) is 10.1. The molecular weight excluding hydrogens is 210 g/mol. The van der Waals surface area contributed by atoms with Crippen LogP contribution in [0.3, 0.4) is 0 Å². The number of hydrogen-bond donors (Lipinski definition) is 1. The smallest absolute Gasteiger partial charge is 0.251 e. The van der Waals surface area contributed by atoms with E-state index in [1.165, 1.54) is 16.7 Å². The average Bonchev–Trinajstić information content (AvgIpc) is 2.76. The molecule has 2 aromatic carbocycles. The molecule has 1 amide bonds. The summed E-state index contributed by atoms with van der Waals surface area (Å²) in [5, 5.41) is 2.70. The van der Waals surface area contributed by atoms with Crippen LogP contribution in [-0.4, -0.2) is 13.0 Å². The van der Waals surface area contributed by atoms with Crippen molar-refractivity contribution in [1.82, 2.24) is 5.32 Å². The van der Waals surface area contributed by atoms with Crippen LogP contribution in [0.4, 0.5) is 0 Å². The highest BCUT2D eigenvalue weighted by atomic mass is 16.1. The maximum absolute atomic E-state index is 11.8. The van der Waals surface area contributed by atoms with Crippen molar-refractivity contribution in [3.8, 4) is 11.1 Å². The molecule has 1 aliphatic rings. The normalized spacial score (nSPS) is 11.8. The topological polar surface area (TPSA) is 29.1 Å². The summed E-state index contributed by atoms with van der Waals surface area (Å²) in [6, 6.07) is 14.3. The van der Waals surface area contributed by atoms with Crippen LogP contribution in [0.25, 0.3) is 11.1 Å². The van der Waals surface area contributed by atoms with Crippen molar-refractivity contribution in [2.45, 2.75) is 6.42 Å². The first-order valence-corrected chi connectivity index (χ1v) is 5.73. The Bertz CT molecular complexity index is 602. The molecule has 1 N–H and O–H groups in total. The van der Waals surface area contributed by atoms with Crippen molar-refractivity contribution >= 4 is 5.91 Å². The number of hydrogen-bond acceptors (Lipinski definition) is 1. The molecule has 0 saturated heterocycles. The van der Waals surface area contributed by atoms with E-state index in [1.807, 2.05) is 24.3 Å². The monoisotopic (exact) mass is 223 g/mol. The van der Waals surface area contributed by atoms with E-state index in [4.69, 9.17) is 0 Å². The number of carbonyl (C=O) groups excluding carboxylic acids is 1. The fraction of sp³-hybridized carbons (Fsp3) is 0.133. The molecule has 0 aliphatic heterocycles. The molecule has 0 atom stereocenters. The summed E-state index contributed by atoms with van der Waals surface area (Å²) in [5.41, 5.74) is 5.70. The summed E-state index contributed by atoms with van der Waals surface area (Å²) >= 11 is 0. The van der Waals surface area contributed by atoms with Gasteiger partial charge in [0.2, 0.25) is 0 Å². The Labute approximate surface area is 100 Å². The second-order valence-electron chi connectivity index (χ2n) is 4.24. The average molecular weight is 223 g/mol. The van der Waals surface area contributed by atoms with Gasteiger partial charge in [-0.3, -0.25) is 4.79 Å². The van der Waals surface area contributed by atoms with Gasteiger partial charge in [0.05, 0.1) is 0 Å². The Kier molecular flexibility index (Phi) is 2.22. The lowest BCUT2D eigenvalue weighted by Gasteiger charge is -2.06. The molecule has 17 heavy (non-hydrogen) atoms. The molecule has 0 heterocycles. The predicted octanol–water partition coefficient (Wildman–Crippen LogP) is 2.62. The molecule has 3 rings (SSSR count). The van der Waals surface area contributed by atoms with Crippen LogP contribution < -0.4 is 5.32 Å². The summed E-state index contributed by atoms with van der Waals surface area (Å²) in [4.78, 5) is 11.8. The van der Waals surface area contributed by atoms with Crippen LogP contribution in [0.1, 0.15) is 21.5 Å². The van der Waals surface area contributed by atoms with Gasteiger partial charge in [-0.2, -0.15) is 0 Å². The van der Waals surface area contributed by atoms with E-state index < -0.39 is 0 Å². The van der Waals surface area contributed by atoms with Gasteiger partial charge in [0.15, 0.2) is 0 Å². The predicted molar refractivity (Wildman–Crippen MR) is 68.1 cm³/mol. The summed E-state index contributed by atoms with van der Waals surface area (Å²) in [7, 11) is 1.67. The zero-order chi connectivity index (χ0) is 11.8. The lowest BCUT2D eigenvalue weighted by Crippen LogP contribution is -2.19. The summed E-state index contributed by atoms with van der Waals surface area (Å²) < 4.78 is 0. The number of nitrogens with one attached hydrogen (secondary N) is 1. The number of amides is 1. The Balaban J connectivity index is 2.20. The van der Waals surface area contributed by atoms with E-state index in [0.717, 1.165) is 17.5 Å². The zero-order valence-electron chi connectivity index (χ0n) is 9.66. The van der Waals surface area contributed by atoms with Crippen molar-refractivity contribution in [2.75, 3.05) is 7.05 Å². The Hall–Kier alpha value is -2.09. The molecular formula is C15H13NO. The van der Waals surface area contributed by atoms with Gasteiger partial charge in [-0.25, -0.2) is 0 Å². The molecule has 2 heteroatoms. The van der Waals surface area contributed by atoms with Gasteiger partial charge in [-0.15, -0.1) is 0 Å². The summed E-state index contributed by atoms with van der Waals surface area (Å²) in [6.45, 7) is 0. The second-order valence-corrected chi connectivity index (χ2v) is 4.24. The maximum atomic E-state index is 11.8. The molecule has 0 unspecified atom stereocenters. The summed E-state index contributed by atoms with van der Waals surface area (Å²) in [6.07, 6.45) is 0.856. The van der Waals surface area contributed by atoms with Gasteiger partial charge in [0.25, 0.3) is 5.91 Å². The number of rotatable bonds is 1. The zero-order valence-corrected chi connectivity index (χ0v) is 9.66. The quantitative estimate of drug-likeness (QED) is 0.675. The van der Waals surface area contributed by atoms with E-state index in [1.54, 1.807) is 7.05 Å². The van der Waals surface area contributed by atoms with Crippen LogP contribution >= 0.6 is 0 Å². The number of fused-ring (bicyclic) bond motifs is 3. The van der Waals surface area contributed by atoms with Gasteiger partial charge in [0, 0.05) is 12.6 Å². The largest absolute Gasteiger partial charge is 0.355 e. The van der Waals surface area contributed by atoms with Crippen LogP contribution in [0.2, 0.25) is 0 Å². The van der Waals surface area contributed by atoms with Crippen molar-refractivity contribution in [1.29, 1.82) is 0 Å². The molecule has 0 saturated carbocycles. The highest BCUT2D eigenvalue weighted by Crippen LogP contribution is 2.37. The highest BCUT2D eigenvalue weighted by molar-refractivity contribution is 5.98. The molecule has 0 radical (unpaired) electrons. The minimum atomic E-state index is -0.00495. The molecule has 2 aromatic rings. The Morgan fingerprint density at radius 3 is 2.65 bits per heavy atom. The Morgan fingerprint density at radius 2 is 1.82 bits per heavy atom. The van der Waals surface area contributed by atoms with Crippen LogP contribution in [-0.2, 0) is 6.42 Å². The van der Waals surface area contributed by atoms with Gasteiger partial charge >= 0.3 is 0 Å². The third-order valence-corrected chi connectivity index (χ3v) is 3.32. The summed E-state index contributed by atoms with van der Waals surface area (Å²) in [5.74, 6) is -0.00495. The van der Waals surface area contributed by atoms with E-state index in [2.05, 4.69) is 23.5 Å². The fourth-order valence-electron chi connectivity index (χ4n) is 2.50. The minimum absolute atomic E-state index is 0.00495. The number of carbonyl (C=O) groups is 1. The molecule has 0 bridgehead atoms. The number of benzene rings is 2. The van der Waals surface area contributed by atoms with Crippen molar-refractivity contribution in [3.63, 3.8) is 0 Å². The lowest BCUT2D eigenvalue weighted by molar-refractivity contribution is 0.0962. The van der Waals surface area contributed by atoms with Gasteiger partial charge in [0.1, 0.15) is 0 Å². The van der Waals surface area contributed by atoms with Crippen LogP contribution in [0, 0.1) is 0 Å². The van der Waals surface area contributed by atoms with Crippen molar-refractivity contribution in [3.05, 3.63) is 59.2 Å². The third kappa shape index (κ3) is 1.45. The molecule has 2 nitrogen and oxygen atoms in total. The van der Waals surface area contributed by atoms with E-state index in [9.17, 15) is 4.79 Å². The fourth-order valence-corrected chi connectivity index (χ4v) is 2.50. The standard InChI is InChI=1S/C15H13NO/c1-16-15(17)13-8-4-7-12-11-6-3-2-5-10(11)9-14(12)13/h2-8H,9H2,1H3,(H,16,17). The first-order chi connectivity index (χ1) is 8.31. The molecule has 0 spiro atoms.